The summed E-state index contributed by atoms with van der Waals surface area (Å²) < 4.78 is 0. The molecule has 0 aromatic heterocycles. The van der Waals surface area contributed by atoms with Crippen molar-refractivity contribution in [3.8, 4) is 11.1 Å². The standard InChI is InChI=1S/C18H22ClNO.ClH/c1-20(2)12-6-9-18(21)16-11-10-15(19)13-17(16)14-7-4-3-5-8-14;/h3-5,7-8,10-11,13,18,21H,6,9,12H2,1-2H3;1H. The van der Waals surface area contributed by atoms with Crippen molar-refractivity contribution >= 4 is 24.0 Å². The monoisotopic (exact) mass is 339 g/mol. The predicted molar refractivity (Wildman–Crippen MR) is 96.9 cm³/mol. The van der Waals surface area contributed by atoms with Crippen LogP contribution in [-0.2, 0) is 0 Å². The van der Waals surface area contributed by atoms with Crippen molar-refractivity contribution in [1.29, 1.82) is 0 Å². The molecule has 0 saturated carbocycles. The highest BCUT2D eigenvalue weighted by atomic mass is 35.5. The molecule has 2 aromatic rings. The number of aliphatic hydroxyl groups is 1. The highest BCUT2D eigenvalue weighted by molar-refractivity contribution is 6.30. The Labute approximate surface area is 144 Å². The number of rotatable bonds is 6. The molecule has 0 amide bonds. The van der Waals surface area contributed by atoms with Gasteiger partial charge in [-0.2, -0.15) is 0 Å². The maximum atomic E-state index is 10.5. The summed E-state index contributed by atoms with van der Waals surface area (Å²) in [6, 6.07) is 15.8. The molecular formula is C18H23Cl2NO. The van der Waals surface area contributed by atoms with Gasteiger partial charge in [-0.25, -0.2) is 0 Å². The van der Waals surface area contributed by atoms with Crippen LogP contribution in [0.25, 0.3) is 11.1 Å². The lowest BCUT2D eigenvalue weighted by atomic mass is 9.94. The Morgan fingerprint density at radius 1 is 1.09 bits per heavy atom. The molecular weight excluding hydrogens is 317 g/mol. The van der Waals surface area contributed by atoms with Crippen LogP contribution in [-0.4, -0.2) is 30.6 Å². The maximum Gasteiger partial charge on any atom is 0.0796 e. The summed E-state index contributed by atoms with van der Waals surface area (Å²) in [5.41, 5.74) is 3.05. The fourth-order valence-electron chi connectivity index (χ4n) is 2.44. The van der Waals surface area contributed by atoms with E-state index in [0.717, 1.165) is 36.1 Å². The minimum absolute atomic E-state index is 0. The van der Waals surface area contributed by atoms with Gasteiger partial charge in [-0.15, -0.1) is 12.4 Å². The predicted octanol–water partition coefficient (Wildman–Crippen LogP) is 4.80. The molecule has 0 aliphatic heterocycles. The largest absolute Gasteiger partial charge is 0.388 e. The lowest BCUT2D eigenvalue weighted by molar-refractivity contribution is 0.161. The zero-order valence-corrected chi connectivity index (χ0v) is 14.6. The van der Waals surface area contributed by atoms with E-state index in [4.69, 9.17) is 11.6 Å². The van der Waals surface area contributed by atoms with Crippen molar-refractivity contribution in [3.63, 3.8) is 0 Å². The smallest absolute Gasteiger partial charge is 0.0796 e. The molecule has 0 bridgehead atoms. The Bertz CT molecular complexity index is 573. The molecule has 0 saturated heterocycles. The summed E-state index contributed by atoms with van der Waals surface area (Å²) in [6.07, 6.45) is 1.25. The quantitative estimate of drug-likeness (QED) is 0.816. The third-order valence-electron chi connectivity index (χ3n) is 3.54. The Morgan fingerprint density at radius 2 is 1.77 bits per heavy atom. The van der Waals surface area contributed by atoms with Crippen molar-refractivity contribution in [3.05, 3.63) is 59.1 Å². The van der Waals surface area contributed by atoms with E-state index < -0.39 is 6.10 Å². The van der Waals surface area contributed by atoms with Gasteiger partial charge in [0, 0.05) is 5.02 Å². The normalized spacial score (nSPS) is 12.0. The lowest BCUT2D eigenvalue weighted by Crippen LogP contribution is -2.14. The molecule has 0 radical (unpaired) electrons. The average Bonchev–Trinajstić information content (AvgIpc) is 2.47. The summed E-state index contributed by atoms with van der Waals surface area (Å²) in [5, 5.41) is 11.2. The van der Waals surface area contributed by atoms with Crippen LogP contribution in [0.1, 0.15) is 24.5 Å². The van der Waals surface area contributed by atoms with E-state index in [9.17, 15) is 5.11 Å². The first-order valence-corrected chi connectivity index (χ1v) is 7.63. The molecule has 4 heteroatoms. The highest BCUT2D eigenvalue weighted by Gasteiger charge is 2.14. The molecule has 0 fully saturated rings. The molecule has 0 heterocycles. The second kappa shape index (κ2) is 9.16. The third-order valence-corrected chi connectivity index (χ3v) is 3.78. The van der Waals surface area contributed by atoms with Gasteiger partial charge in [-0.1, -0.05) is 48.0 Å². The molecule has 120 valence electrons. The number of hydrogen-bond donors (Lipinski definition) is 1. The van der Waals surface area contributed by atoms with Crippen LogP contribution in [0.5, 0.6) is 0 Å². The summed E-state index contributed by atoms with van der Waals surface area (Å²) in [7, 11) is 4.09. The minimum atomic E-state index is -0.461. The summed E-state index contributed by atoms with van der Waals surface area (Å²) in [4.78, 5) is 2.13. The summed E-state index contributed by atoms with van der Waals surface area (Å²) in [5.74, 6) is 0. The number of benzene rings is 2. The fraction of sp³-hybridized carbons (Fsp3) is 0.333. The maximum absolute atomic E-state index is 10.5. The van der Waals surface area contributed by atoms with E-state index in [2.05, 4.69) is 4.90 Å². The topological polar surface area (TPSA) is 23.5 Å². The Hall–Kier alpha value is -1.06. The fourth-order valence-corrected chi connectivity index (χ4v) is 2.62. The van der Waals surface area contributed by atoms with Gasteiger partial charge in [-0.3, -0.25) is 0 Å². The molecule has 2 aromatic carbocycles. The highest BCUT2D eigenvalue weighted by Crippen LogP contribution is 2.32. The van der Waals surface area contributed by atoms with Gasteiger partial charge in [0.25, 0.3) is 0 Å². The number of hydrogen-bond acceptors (Lipinski definition) is 2. The second-order valence-electron chi connectivity index (χ2n) is 5.56. The second-order valence-corrected chi connectivity index (χ2v) is 6.00. The van der Waals surface area contributed by atoms with Crippen LogP contribution >= 0.6 is 24.0 Å². The van der Waals surface area contributed by atoms with Crippen LogP contribution in [0.15, 0.2) is 48.5 Å². The Morgan fingerprint density at radius 3 is 2.41 bits per heavy atom. The number of aliphatic hydroxyl groups excluding tert-OH is 1. The Kier molecular flexibility index (Phi) is 7.91. The van der Waals surface area contributed by atoms with Crippen LogP contribution in [0, 0.1) is 0 Å². The Balaban J connectivity index is 0.00000242. The van der Waals surface area contributed by atoms with Gasteiger partial charge in [-0.05, 0) is 62.3 Å². The minimum Gasteiger partial charge on any atom is -0.388 e. The molecule has 2 nitrogen and oxygen atoms in total. The van der Waals surface area contributed by atoms with Crippen molar-refractivity contribution in [1.82, 2.24) is 4.90 Å². The van der Waals surface area contributed by atoms with Gasteiger partial charge in [0.15, 0.2) is 0 Å². The molecule has 1 atom stereocenters. The molecule has 0 spiro atoms. The molecule has 1 unspecified atom stereocenters. The van der Waals surface area contributed by atoms with Gasteiger partial charge in [0.05, 0.1) is 6.10 Å². The van der Waals surface area contributed by atoms with Crippen molar-refractivity contribution < 1.29 is 5.11 Å². The SMILES string of the molecule is CN(C)CCCC(O)c1ccc(Cl)cc1-c1ccccc1.Cl. The summed E-state index contributed by atoms with van der Waals surface area (Å²) in [6.45, 7) is 0.978. The van der Waals surface area contributed by atoms with Crippen LogP contribution < -0.4 is 0 Å². The molecule has 0 aliphatic carbocycles. The zero-order valence-electron chi connectivity index (χ0n) is 13.0. The zero-order chi connectivity index (χ0) is 15.2. The van der Waals surface area contributed by atoms with Crippen LogP contribution in [0.4, 0.5) is 0 Å². The van der Waals surface area contributed by atoms with Crippen molar-refractivity contribution in [2.75, 3.05) is 20.6 Å². The van der Waals surface area contributed by atoms with Gasteiger partial charge < -0.3 is 10.0 Å². The lowest BCUT2D eigenvalue weighted by Gasteiger charge is -2.17. The number of nitrogens with zero attached hydrogens (tertiary/aromatic N) is 1. The summed E-state index contributed by atoms with van der Waals surface area (Å²) >= 11 is 6.13. The van der Waals surface area contributed by atoms with Crippen molar-refractivity contribution in [2.45, 2.75) is 18.9 Å². The van der Waals surface area contributed by atoms with E-state index in [-0.39, 0.29) is 12.4 Å². The van der Waals surface area contributed by atoms with E-state index >= 15 is 0 Å². The van der Waals surface area contributed by atoms with E-state index in [0.29, 0.717) is 5.02 Å². The van der Waals surface area contributed by atoms with E-state index in [1.165, 1.54) is 0 Å². The van der Waals surface area contributed by atoms with Gasteiger partial charge in [0.2, 0.25) is 0 Å². The van der Waals surface area contributed by atoms with Gasteiger partial charge in [0.1, 0.15) is 0 Å². The first kappa shape index (κ1) is 19.0. The molecule has 2 rings (SSSR count). The number of halogens is 2. The first-order valence-electron chi connectivity index (χ1n) is 7.25. The average molecular weight is 340 g/mol. The molecule has 22 heavy (non-hydrogen) atoms. The third kappa shape index (κ3) is 5.29. The van der Waals surface area contributed by atoms with Crippen LogP contribution in [0.2, 0.25) is 5.02 Å². The molecule has 1 N–H and O–H groups in total. The van der Waals surface area contributed by atoms with E-state index in [1.807, 2.05) is 62.6 Å². The molecule has 0 aliphatic rings. The van der Waals surface area contributed by atoms with Crippen molar-refractivity contribution in [2.24, 2.45) is 0 Å². The van der Waals surface area contributed by atoms with Crippen LogP contribution in [0.3, 0.4) is 0 Å². The first-order chi connectivity index (χ1) is 10.1. The van der Waals surface area contributed by atoms with E-state index in [1.54, 1.807) is 0 Å². The van der Waals surface area contributed by atoms with Gasteiger partial charge >= 0.3 is 0 Å².